The van der Waals surface area contributed by atoms with Gasteiger partial charge >= 0.3 is 0 Å². The molecule has 0 amide bonds. The van der Waals surface area contributed by atoms with E-state index in [1.54, 1.807) is 0 Å². The molecule has 21 heavy (non-hydrogen) atoms. The number of hydrogen-bond acceptors (Lipinski definition) is 4. The molecule has 4 heteroatoms. The zero-order chi connectivity index (χ0) is 15.5. The lowest BCUT2D eigenvalue weighted by Crippen LogP contribution is -2.56. The summed E-state index contributed by atoms with van der Waals surface area (Å²) in [6.07, 6.45) is 1.11. The highest BCUT2D eigenvalue weighted by atomic mass is 16.5. The molecule has 0 spiro atoms. The quantitative estimate of drug-likeness (QED) is 0.903. The van der Waals surface area contributed by atoms with E-state index >= 15 is 0 Å². The van der Waals surface area contributed by atoms with Gasteiger partial charge in [0.2, 0.25) is 0 Å². The fourth-order valence-electron chi connectivity index (χ4n) is 3.21. The Labute approximate surface area is 128 Å². The van der Waals surface area contributed by atoms with Gasteiger partial charge in [-0.2, -0.15) is 0 Å². The number of rotatable bonds is 5. The van der Waals surface area contributed by atoms with E-state index in [2.05, 4.69) is 57.0 Å². The van der Waals surface area contributed by atoms with Crippen molar-refractivity contribution in [3.63, 3.8) is 0 Å². The third-order valence-corrected chi connectivity index (χ3v) is 3.51. The van der Waals surface area contributed by atoms with Gasteiger partial charge in [0.1, 0.15) is 5.82 Å². The zero-order valence-electron chi connectivity index (χ0n) is 14.1. The van der Waals surface area contributed by atoms with Gasteiger partial charge in [0, 0.05) is 26.2 Å². The average molecular weight is 291 g/mol. The minimum absolute atomic E-state index is 0.111. The van der Waals surface area contributed by atoms with E-state index < -0.39 is 0 Å². The second-order valence-corrected chi connectivity index (χ2v) is 7.21. The summed E-state index contributed by atoms with van der Waals surface area (Å²) >= 11 is 0. The summed E-state index contributed by atoms with van der Waals surface area (Å²) in [5.41, 5.74) is 0.893. The third kappa shape index (κ3) is 4.97. The van der Waals surface area contributed by atoms with E-state index in [1.165, 1.54) is 0 Å². The number of nitrogens with zero attached hydrogens (tertiary/aromatic N) is 2. The number of hydrogen-bond donors (Lipinski definition) is 1. The summed E-state index contributed by atoms with van der Waals surface area (Å²) in [4.78, 5) is 7.15. The lowest BCUT2D eigenvalue weighted by atomic mass is 9.99. The molecule has 1 N–H and O–H groups in total. The van der Waals surface area contributed by atoms with Gasteiger partial charge in [-0.25, -0.2) is 4.98 Å². The molecule has 0 atom stereocenters. The van der Waals surface area contributed by atoms with Crippen molar-refractivity contribution in [3.05, 3.63) is 23.9 Å². The molecule has 0 unspecified atom stereocenters. The summed E-state index contributed by atoms with van der Waals surface area (Å²) in [6, 6.07) is 6.22. The van der Waals surface area contributed by atoms with Crippen molar-refractivity contribution in [3.8, 4) is 0 Å². The Balaban J connectivity index is 2.03. The molecule has 1 fully saturated rings. The van der Waals surface area contributed by atoms with E-state index in [1.807, 2.05) is 6.07 Å². The molecular formula is C17H29N3O. The molecule has 0 bridgehead atoms. The molecule has 2 rings (SSSR count). The first-order valence-electron chi connectivity index (χ1n) is 7.92. The molecule has 1 aromatic heterocycles. The van der Waals surface area contributed by atoms with E-state index in [0.717, 1.165) is 44.1 Å². The van der Waals surface area contributed by atoms with Crippen molar-refractivity contribution in [1.82, 2.24) is 9.88 Å². The maximum absolute atomic E-state index is 6.13. The normalized spacial score (nSPS) is 21.2. The smallest absolute Gasteiger partial charge is 0.126 e. The van der Waals surface area contributed by atoms with Crippen LogP contribution in [0.4, 0.5) is 5.82 Å². The summed E-state index contributed by atoms with van der Waals surface area (Å²) in [6.45, 7) is 14.5. The van der Waals surface area contributed by atoms with E-state index in [9.17, 15) is 0 Å². The molecule has 1 aliphatic heterocycles. The zero-order valence-corrected chi connectivity index (χ0v) is 14.1. The van der Waals surface area contributed by atoms with Crippen LogP contribution >= 0.6 is 0 Å². The van der Waals surface area contributed by atoms with Crippen LogP contribution in [0.3, 0.4) is 0 Å². The number of ether oxygens (including phenoxy) is 1. The first kappa shape index (κ1) is 16.2. The predicted octanol–water partition coefficient (Wildman–Crippen LogP) is 3.29. The molecule has 118 valence electrons. The molecule has 0 radical (unpaired) electrons. The minimum Gasteiger partial charge on any atom is -0.370 e. The fraction of sp³-hybridized carbons (Fsp3) is 0.706. The van der Waals surface area contributed by atoms with E-state index in [4.69, 9.17) is 9.72 Å². The third-order valence-electron chi connectivity index (χ3n) is 3.51. The number of nitrogens with one attached hydrogen (secondary N) is 1. The Kier molecular flexibility index (Phi) is 4.89. The topological polar surface area (TPSA) is 37.4 Å². The van der Waals surface area contributed by atoms with Gasteiger partial charge in [-0.1, -0.05) is 13.0 Å². The minimum atomic E-state index is -0.111. The fourth-order valence-corrected chi connectivity index (χ4v) is 3.21. The molecule has 0 aromatic carbocycles. The van der Waals surface area contributed by atoms with Crippen molar-refractivity contribution in [2.45, 2.75) is 58.8 Å². The van der Waals surface area contributed by atoms with Crippen LogP contribution in [0.1, 0.15) is 46.7 Å². The van der Waals surface area contributed by atoms with E-state index in [-0.39, 0.29) is 11.2 Å². The molecule has 0 aliphatic carbocycles. The maximum Gasteiger partial charge on any atom is 0.126 e. The lowest BCUT2D eigenvalue weighted by molar-refractivity contribution is -0.182. The van der Waals surface area contributed by atoms with Gasteiger partial charge in [0.15, 0.2) is 0 Å². The Morgan fingerprint density at radius 1 is 1.19 bits per heavy atom. The molecule has 4 nitrogen and oxygen atoms in total. The number of pyridine rings is 1. The molecule has 1 aliphatic rings. The second-order valence-electron chi connectivity index (χ2n) is 7.21. The molecule has 0 saturated carbocycles. The monoisotopic (exact) mass is 291 g/mol. The number of anilines is 1. The Morgan fingerprint density at radius 2 is 1.86 bits per heavy atom. The Hall–Kier alpha value is -1.13. The largest absolute Gasteiger partial charge is 0.370 e. The predicted molar refractivity (Wildman–Crippen MR) is 87.5 cm³/mol. The van der Waals surface area contributed by atoms with Crippen LogP contribution in [0.15, 0.2) is 18.2 Å². The van der Waals surface area contributed by atoms with Crippen molar-refractivity contribution < 1.29 is 4.74 Å². The van der Waals surface area contributed by atoms with Gasteiger partial charge in [-0.15, -0.1) is 0 Å². The number of aromatic nitrogens is 1. The SMILES string of the molecule is CCCNc1cccc(CN2CC(C)(C)OC(C)(C)C2)n1. The summed E-state index contributed by atoms with van der Waals surface area (Å²) in [7, 11) is 0. The van der Waals surface area contributed by atoms with Crippen LogP contribution in [0.5, 0.6) is 0 Å². The summed E-state index contributed by atoms with van der Waals surface area (Å²) < 4.78 is 6.13. The van der Waals surface area contributed by atoms with Crippen LogP contribution in [-0.2, 0) is 11.3 Å². The van der Waals surface area contributed by atoms with Crippen LogP contribution in [0.25, 0.3) is 0 Å². The molecular weight excluding hydrogens is 262 g/mol. The summed E-state index contributed by atoms with van der Waals surface area (Å²) in [5, 5.41) is 3.35. The van der Waals surface area contributed by atoms with Crippen LogP contribution < -0.4 is 5.32 Å². The average Bonchev–Trinajstić information content (AvgIpc) is 2.33. The van der Waals surface area contributed by atoms with Gasteiger partial charge in [-0.3, -0.25) is 4.90 Å². The maximum atomic E-state index is 6.13. The highest BCUT2D eigenvalue weighted by Gasteiger charge is 2.37. The highest BCUT2D eigenvalue weighted by molar-refractivity contribution is 5.35. The molecule has 1 saturated heterocycles. The van der Waals surface area contributed by atoms with Crippen LogP contribution in [-0.4, -0.2) is 40.7 Å². The van der Waals surface area contributed by atoms with Crippen LogP contribution in [0.2, 0.25) is 0 Å². The highest BCUT2D eigenvalue weighted by Crippen LogP contribution is 2.28. The molecule has 1 aromatic rings. The van der Waals surface area contributed by atoms with Gasteiger partial charge in [0.25, 0.3) is 0 Å². The summed E-state index contributed by atoms with van der Waals surface area (Å²) in [5.74, 6) is 0.973. The Bertz CT molecular complexity index is 455. The Morgan fingerprint density at radius 3 is 2.48 bits per heavy atom. The van der Waals surface area contributed by atoms with Crippen molar-refractivity contribution in [2.24, 2.45) is 0 Å². The standard InChI is InChI=1S/C17H29N3O/c1-6-10-18-15-9-7-8-14(19-15)11-20-12-16(2,3)21-17(4,5)13-20/h7-9H,6,10-13H2,1-5H3,(H,18,19). The van der Waals surface area contributed by atoms with E-state index in [0.29, 0.717) is 0 Å². The second kappa shape index (κ2) is 6.32. The lowest BCUT2D eigenvalue weighted by Gasteiger charge is -2.47. The van der Waals surface area contributed by atoms with Gasteiger partial charge in [-0.05, 0) is 46.2 Å². The van der Waals surface area contributed by atoms with Crippen molar-refractivity contribution in [2.75, 3.05) is 25.0 Å². The van der Waals surface area contributed by atoms with Crippen molar-refractivity contribution >= 4 is 5.82 Å². The first-order valence-corrected chi connectivity index (χ1v) is 7.92. The number of morpholine rings is 1. The van der Waals surface area contributed by atoms with Gasteiger partial charge < -0.3 is 10.1 Å². The van der Waals surface area contributed by atoms with Crippen LogP contribution in [0, 0.1) is 0 Å². The molecule has 2 heterocycles. The van der Waals surface area contributed by atoms with Crippen molar-refractivity contribution in [1.29, 1.82) is 0 Å². The van der Waals surface area contributed by atoms with Gasteiger partial charge in [0.05, 0.1) is 16.9 Å². The first-order chi connectivity index (χ1) is 9.80.